The second-order valence-corrected chi connectivity index (χ2v) is 8.06. The second kappa shape index (κ2) is 6.16. The molecule has 112 valence electrons. The zero-order chi connectivity index (χ0) is 14.0. The number of rotatable bonds is 5. The molecule has 1 heteroatoms. The number of aliphatic hydroxyl groups is 1. The normalized spacial score (nSPS) is 40.4. The fourth-order valence-corrected chi connectivity index (χ4v) is 5.17. The third kappa shape index (κ3) is 3.17. The zero-order valence-electron chi connectivity index (χ0n) is 13.5. The highest BCUT2D eigenvalue weighted by atomic mass is 16.3. The molecule has 0 unspecified atom stereocenters. The Morgan fingerprint density at radius 1 is 1.11 bits per heavy atom. The predicted octanol–water partition coefficient (Wildman–Crippen LogP) is 5.03. The van der Waals surface area contributed by atoms with Crippen molar-refractivity contribution in [1.82, 2.24) is 0 Å². The maximum Gasteiger partial charge on any atom is 0.0573 e. The third-order valence-corrected chi connectivity index (χ3v) is 6.29. The minimum atomic E-state index is -0.00776. The van der Waals surface area contributed by atoms with Crippen molar-refractivity contribution in [1.29, 1.82) is 0 Å². The smallest absolute Gasteiger partial charge is 0.0573 e. The topological polar surface area (TPSA) is 20.2 Å². The van der Waals surface area contributed by atoms with Gasteiger partial charge in [-0.3, -0.25) is 0 Å². The molecule has 2 saturated carbocycles. The van der Waals surface area contributed by atoms with Crippen LogP contribution in [-0.4, -0.2) is 11.2 Å². The predicted molar refractivity (Wildman–Crippen MR) is 82.0 cm³/mol. The average Bonchev–Trinajstić information content (AvgIpc) is 2.67. The van der Waals surface area contributed by atoms with Gasteiger partial charge in [0.1, 0.15) is 0 Å². The Bertz CT molecular complexity index is 285. The van der Waals surface area contributed by atoms with Crippen LogP contribution in [0, 0.1) is 29.1 Å². The summed E-state index contributed by atoms with van der Waals surface area (Å²) in [5, 5.41) is 10.3. The fraction of sp³-hybridized carbons (Fsp3) is 1.00. The van der Waals surface area contributed by atoms with Crippen molar-refractivity contribution in [2.24, 2.45) is 29.1 Å². The van der Waals surface area contributed by atoms with E-state index in [0.29, 0.717) is 11.3 Å². The lowest BCUT2D eigenvalue weighted by Crippen LogP contribution is -2.41. The lowest BCUT2D eigenvalue weighted by molar-refractivity contribution is -0.0278. The van der Waals surface area contributed by atoms with E-state index in [1.807, 2.05) is 0 Å². The molecule has 0 saturated heterocycles. The highest BCUT2D eigenvalue weighted by Crippen LogP contribution is 2.58. The molecule has 5 atom stereocenters. The molecule has 0 aliphatic heterocycles. The molecule has 0 aromatic heterocycles. The number of hydrogen-bond acceptors (Lipinski definition) is 1. The van der Waals surface area contributed by atoms with Crippen molar-refractivity contribution in [3.8, 4) is 0 Å². The van der Waals surface area contributed by atoms with E-state index < -0.39 is 0 Å². The summed E-state index contributed by atoms with van der Waals surface area (Å²) in [7, 11) is 0. The Morgan fingerprint density at radius 3 is 2.53 bits per heavy atom. The Hall–Kier alpha value is -0.0400. The molecule has 0 aromatic carbocycles. The lowest BCUT2D eigenvalue weighted by atomic mass is 9.61. The molecule has 0 heterocycles. The molecule has 2 fully saturated rings. The van der Waals surface area contributed by atoms with Crippen molar-refractivity contribution >= 4 is 0 Å². The molecule has 0 radical (unpaired) electrons. The van der Waals surface area contributed by atoms with Gasteiger partial charge in [0.05, 0.1) is 6.10 Å². The van der Waals surface area contributed by atoms with E-state index in [1.165, 1.54) is 44.9 Å². The van der Waals surface area contributed by atoms with Crippen LogP contribution >= 0.6 is 0 Å². The van der Waals surface area contributed by atoms with Crippen LogP contribution in [0.5, 0.6) is 0 Å². The summed E-state index contributed by atoms with van der Waals surface area (Å²) < 4.78 is 0. The zero-order valence-corrected chi connectivity index (χ0v) is 13.5. The Morgan fingerprint density at radius 2 is 1.84 bits per heavy atom. The van der Waals surface area contributed by atoms with E-state index in [-0.39, 0.29) is 6.10 Å². The average molecular weight is 266 g/mol. The van der Waals surface area contributed by atoms with Crippen molar-refractivity contribution < 1.29 is 5.11 Å². The minimum absolute atomic E-state index is 0.00776. The highest BCUT2D eigenvalue weighted by Gasteiger charge is 2.51. The van der Waals surface area contributed by atoms with Gasteiger partial charge in [-0.25, -0.2) is 0 Å². The molecular formula is C18H34O. The largest absolute Gasteiger partial charge is 0.393 e. The standard InChI is InChI=1S/C18H34O/c1-13(2)7-5-8-14(3)15-10-11-16-17(19)9-6-12-18(15,16)4/h13-17,19H,5-12H2,1-4H3/t14-,15+,16-,17-,18+/m0/s1. The number of aliphatic hydroxyl groups excluding tert-OH is 1. The fourth-order valence-electron chi connectivity index (χ4n) is 5.17. The van der Waals surface area contributed by atoms with E-state index in [1.54, 1.807) is 0 Å². The van der Waals surface area contributed by atoms with Gasteiger partial charge in [0.2, 0.25) is 0 Å². The summed E-state index contributed by atoms with van der Waals surface area (Å²) in [6.45, 7) is 9.61. The first kappa shape index (κ1) is 15.4. The Balaban J connectivity index is 1.93. The van der Waals surface area contributed by atoms with Gasteiger partial charge in [-0.15, -0.1) is 0 Å². The first-order valence-electron chi connectivity index (χ1n) is 8.63. The molecule has 2 aliphatic rings. The maximum absolute atomic E-state index is 10.3. The SMILES string of the molecule is CC(C)CCC[C@H](C)[C@H]1CC[C@H]2[C@@H](O)CCC[C@]12C. The molecule has 1 N–H and O–H groups in total. The third-order valence-electron chi connectivity index (χ3n) is 6.29. The first-order chi connectivity index (χ1) is 8.95. The molecule has 2 rings (SSSR count). The molecule has 0 spiro atoms. The Kier molecular flexibility index (Phi) is 4.98. The van der Waals surface area contributed by atoms with Crippen molar-refractivity contribution in [2.45, 2.75) is 85.2 Å². The van der Waals surface area contributed by atoms with E-state index >= 15 is 0 Å². The monoisotopic (exact) mass is 266 g/mol. The number of hydrogen-bond donors (Lipinski definition) is 1. The summed E-state index contributed by atoms with van der Waals surface area (Å²) in [6, 6.07) is 0. The molecule has 0 aromatic rings. The van der Waals surface area contributed by atoms with Crippen LogP contribution in [0.3, 0.4) is 0 Å². The molecular weight excluding hydrogens is 232 g/mol. The van der Waals surface area contributed by atoms with E-state index in [2.05, 4.69) is 27.7 Å². The second-order valence-electron chi connectivity index (χ2n) is 8.06. The van der Waals surface area contributed by atoms with E-state index in [0.717, 1.165) is 24.2 Å². The quantitative estimate of drug-likeness (QED) is 0.740. The van der Waals surface area contributed by atoms with Crippen molar-refractivity contribution in [3.63, 3.8) is 0 Å². The van der Waals surface area contributed by atoms with Gasteiger partial charge >= 0.3 is 0 Å². The molecule has 0 amide bonds. The van der Waals surface area contributed by atoms with Gasteiger partial charge in [-0.05, 0) is 54.8 Å². The van der Waals surface area contributed by atoms with Crippen LogP contribution in [0.4, 0.5) is 0 Å². The summed E-state index contributed by atoms with van der Waals surface area (Å²) in [6.07, 6.45) is 10.4. The van der Waals surface area contributed by atoms with Gasteiger partial charge in [0, 0.05) is 0 Å². The Labute approximate surface area is 120 Å². The van der Waals surface area contributed by atoms with Crippen LogP contribution in [0.15, 0.2) is 0 Å². The van der Waals surface area contributed by atoms with Gasteiger partial charge in [-0.1, -0.05) is 53.4 Å². The summed E-state index contributed by atoms with van der Waals surface area (Å²) in [5.41, 5.74) is 0.439. The molecule has 1 nitrogen and oxygen atoms in total. The van der Waals surface area contributed by atoms with Crippen molar-refractivity contribution in [3.05, 3.63) is 0 Å². The number of fused-ring (bicyclic) bond motifs is 1. The van der Waals surface area contributed by atoms with Gasteiger partial charge in [-0.2, -0.15) is 0 Å². The highest BCUT2D eigenvalue weighted by molar-refractivity contribution is 5.01. The van der Waals surface area contributed by atoms with Crippen LogP contribution in [0.2, 0.25) is 0 Å². The van der Waals surface area contributed by atoms with E-state index in [9.17, 15) is 5.11 Å². The van der Waals surface area contributed by atoms with Crippen LogP contribution < -0.4 is 0 Å². The van der Waals surface area contributed by atoms with Crippen molar-refractivity contribution in [2.75, 3.05) is 0 Å². The van der Waals surface area contributed by atoms with Crippen LogP contribution in [0.25, 0.3) is 0 Å². The summed E-state index contributed by atoms with van der Waals surface area (Å²) in [4.78, 5) is 0. The van der Waals surface area contributed by atoms with Gasteiger partial charge < -0.3 is 5.11 Å². The molecule has 19 heavy (non-hydrogen) atoms. The summed E-state index contributed by atoms with van der Waals surface area (Å²) in [5.74, 6) is 3.15. The molecule has 2 aliphatic carbocycles. The maximum atomic E-state index is 10.3. The van der Waals surface area contributed by atoms with Gasteiger partial charge in [0.15, 0.2) is 0 Å². The first-order valence-corrected chi connectivity index (χ1v) is 8.63. The van der Waals surface area contributed by atoms with Crippen LogP contribution in [-0.2, 0) is 0 Å². The van der Waals surface area contributed by atoms with Gasteiger partial charge in [0.25, 0.3) is 0 Å². The summed E-state index contributed by atoms with van der Waals surface area (Å²) >= 11 is 0. The molecule has 0 bridgehead atoms. The minimum Gasteiger partial charge on any atom is -0.393 e. The van der Waals surface area contributed by atoms with Crippen LogP contribution in [0.1, 0.15) is 79.1 Å². The van der Waals surface area contributed by atoms with E-state index in [4.69, 9.17) is 0 Å². The lowest BCUT2D eigenvalue weighted by Gasteiger charge is -2.45.